The fourth-order valence-corrected chi connectivity index (χ4v) is 4.10. The van der Waals surface area contributed by atoms with Crippen LogP contribution >= 0.6 is 11.6 Å². The Balaban J connectivity index is 1.81. The molecular formula is C23H25ClN4O. The van der Waals surface area contributed by atoms with Gasteiger partial charge in [-0.15, -0.1) is 0 Å². The third-order valence-corrected chi connectivity index (χ3v) is 5.83. The third kappa shape index (κ3) is 4.27. The van der Waals surface area contributed by atoms with E-state index in [4.69, 9.17) is 37.8 Å². The van der Waals surface area contributed by atoms with E-state index in [9.17, 15) is 0 Å². The number of benzene rings is 2. The molecule has 1 fully saturated rings. The first kappa shape index (κ1) is 19.8. The minimum absolute atomic E-state index is 0.0310. The smallest absolute Gasteiger partial charge is 0.152 e. The topological polar surface area (TPSA) is 87.0 Å². The van der Waals surface area contributed by atoms with Gasteiger partial charge in [0.25, 0.3) is 0 Å². The molecule has 1 aromatic heterocycles. The summed E-state index contributed by atoms with van der Waals surface area (Å²) in [5.74, 6) is 1.37. The predicted octanol–water partition coefficient (Wildman–Crippen LogP) is 4.73. The van der Waals surface area contributed by atoms with Gasteiger partial charge >= 0.3 is 0 Å². The van der Waals surface area contributed by atoms with E-state index in [-0.39, 0.29) is 5.92 Å². The number of hydrogen-bond donors (Lipinski definition) is 2. The SMILES string of the molecule is COc1ccc2nc(C=Cc3ccc(Cl)cc3)nc(C3CCCCC3(N)N)c2c1. The predicted molar refractivity (Wildman–Crippen MR) is 119 cm³/mol. The Morgan fingerprint density at radius 3 is 2.59 bits per heavy atom. The summed E-state index contributed by atoms with van der Waals surface area (Å²) in [6.07, 6.45) is 7.71. The number of nitrogens with zero attached hydrogens (tertiary/aromatic N) is 2. The second-order valence-electron chi connectivity index (χ2n) is 7.65. The fraction of sp³-hybridized carbons (Fsp3) is 0.304. The van der Waals surface area contributed by atoms with E-state index in [1.165, 1.54) is 0 Å². The normalized spacial score (nSPS) is 19.0. The number of hydrogen-bond acceptors (Lipinski definition) is 5. The molecule has 0 aliphatic heterocycles. The summed E-state index contributed by atoms with van der Waals surface area (Å²) in [6, 6.07) is 13.5. The molecule has 5 nitrogen and oxygen atoms in total. The van der Waals surface area contributed by atoms with E-state index < -0.39 is 5.66 Å². The zero-order chi connectivity index (χ0) is 20.4. The van der Waals surface area contributed by atoms with Crippen molar-refractivity contribution >= 4 is 34.7 Å². The number of methoxy groups -OCH3 is 1. The summed E-state index contributed by atoms with van der Waals surface area (Å²) in [6.45, 7) is 0. The molecule has 1 aliphatic carbocycles. The summed E-state index contributed by atoms with van der Waals surface area (Å²) >= 11 is 5.97. The van der Waals surface area contributed by atoms with Crippen LogP contribution in [0.25, 0.3) is 23.1 Å². The average molecular weight is 409 g/mol. The molecule has 0 radical (unpaired) electrons. The number of ether oxygens (including phenoxy) is 1. The van der Waals surface area contributed by atoms with Crippen LogP contribution in [0.1, 0.15) is 48.7 Å². The Kier molecular flexibility index (Phi) is 5.54. The highest BCUT2D eigenvalue weighted by molar-refractivity contribution is 6.30. The van der Waals surface area contributed by atoms with Gasteiger partial charge in [-0.3, -0.25) is 0 Å². The highest BCUT2D eigenvalue weighted by Crippen LogP contribution is 2.39. The molecule has 1 heterocycles. The van der Waals surface area contributed by atoms with Gasteiger partial charge in [-0.1, -0.05) is 42.7 Å². The lowest BCUT2D eigenvalue weighted by Gasteiger charge is -2.38. The van der Waals surface area contributed by atoms with Gasteiger partial charge in [-0.05, 0) is 54.8 Å². The van der Waals surface area contributed by atoms with Gasteiger partial charge < -0.3 is 16.2 Å². The summed E-state index contributed by atoms with van der Waals surface area (Å²) in [7, 11) is 1.65. The van der Waals surface area contributed by atoms with E-state index in [1.807, 2.05) is 54.6 Å². The molecule has 3 aromatic rings. The standard InChI is InChI=1S/C23H25ClN4O/c1-29-17-10-11-20-18(14-17)22(19-4-2-3-13-23(19,25)26)28-21(27-20)12-7-15-5-8-16(24)9-6-15/h5-12,14,19H,2-4,13,25-26H2,1H3. The average Bonchev–Trinajstić information content (AvgIpc) is 2.72. The van der Waals surface area contributed by atoms with Crippen LogP contribution in [-0.4, -0.2) is 22.7 Å². The monoisotopic (exact) mass is 408 g/mol. The number of fused-ring (bicyclic) bond motifs is 1. The summed E-state index contributed by atoms with van der Waals surface area (Å²) in [5.41, 5.74) is 15.0. The van der Waals surface area contributed by atoms with Crippen LogP contribution in [0.15, 0.2) is 42.5 Å². The van der Waals surface area contributed by atoms with Crippen LogP contribution in [0, 0.1) is 0 Å². The van der Waals surface area contributed by atoms with E-state index in [0.717, 1.165) is 53.6 Å². The highest BCUT2D eigenvalue weighted by Gasteiger charge is 2.36. The van der Waals surface area contributed by atoms with Gasteiger partial charge in [-0.2, -0.15) is 0 Å². The van der Waals surface area contributed by atoms with E-state index >= 15 is 0 Å². The zero-order valence-corrected chi connectivity index (χ0v) is 17.2. The van der Waals surface area contributed by atoms with Gasteiger partial charge in [0, 0.05) is 16.3 Å². The molecule has 0 bridgehead atoms. The number of rotatable bonds is 4. The maximum atomic E-state index is 6.50. The Labute approximate surface area is 175 Å². The second kappa shape index (κ2) is 8.11. The number of aromatic nitrogens is 2. The summed E-state index contributed by atoms with van der Waals surface area (Å²) < 4.78 is 5.42. The van der Waals surface area contributed by atoms with Gasteiger partial charge in [0.15, 0.2) is 5.82 Å². The molecular weight excluding hydrogens is 384 g/mol. The second-order valence-corrected chi connectivity index (χ2v) is 8.08. The van der Waals surface area contributed by atoms with Crippen molar-refractivity contribution in [2.75, 3.05) is 7.11 Å². The van der Waals surface area contributed by atoms with Gasteiger partial charge in [0.1, 0.15) is 5.75 Å². The van der Waals surface area contributed by atoms with Crippen molar-refractivity contribution in [3.63, 3.8) is 0 Å². The Morgan fingerprint density at radius 2 is 1.86 bits per heavy atom. The molecule has 0 saturated heterocycles. The molecule has 1 aliphatic rings. The van der Waals surface area contributed by atoms with E-state index in [1.54, 1.807) is 7.11 Å². The van der Waals surface area contributed by atoms with Crippen LogP contribution in [0.3, 0.4) is 0 Å². The lowest BCUT2D eigenvalue weighted by molar-refractivity contribution is 0.256. The molecule has 2 aromatic carbocycles. The molecule has 1 unspecified atom stereocenters. The van der Waals surface area contributed by atoms with E-state index in [0.29, 0.717) is 10.8 Å². The minimum atomic E-state index is -0.778. The Hall–Kier alpha value is -2.47. The van der Waals surface area contributed by atoms with Crippen LogP contribution < -0.4 is 16.2 Å². The maximum absolute atomic E-state index is 6.50. The van der Waals surface area contributed by atoms with Crippen molar-refractivity contribution in [3.8, 4) is 5.75 Å². The number of nitrogens with two attached hydrogens (primary N) is 2. The van der Waals surface area contributed by atoms with Crippen molar-refractivity contribution in [3.05, 3.63) is 64.6 Å². The third-order valence-electron chi connectivity index (χ3n) is 5.58. The van der Waals surface area contributed by atoms with Gasteiger partial charge in [0.05, 0.1) is 24.0 Å². The minimum Gasteiger partial charge on any atom is -0.497 e. The molecule has 6 heteroatoms. The van der Waals surface area contributed by atoms with Gasteiger partial charge in [-0.25, -0.2) is 9.97 Å². The first-order valence-corrected chi connectivity index (χ1v) is 10.2. The quantitative estimate of drug-likeness (QED) is 0.609. The Bertz CT molecular complexity index is 1050. The molecule has 4 rings (SSSR count). The first-order chi connectivity index (χ1) is 14.0. The van der Waals surface area contributed by atoms with Crippen molar-refractivity contribution in [1.82, 2.24) is 9.97 Å². The molecule has 150 valence electrons. The zero-order valence-electron chi connectivity index (χ0n) is 16.4. The summed E-state index contributed by atoms with van der Waals surface area (Å²) in [5, 5.41) is 1.65. The van der Waals surface area contributed by atoms with Crippen molar-refractivity contribution < 1.29 is 4.74 Å². The van der Waals surface area contributed by atoms with Crippen LogP contribution in [0.2, 0.25) is 5.02 Å². The van der Waals surface area contributed by atoms with Crippen molar-refractivity contribution in [1.29, 1.82) is 0 Å². The number of halogens is 1. The lowest BCUT2D eigenvalue weighted by Crippen LogP contribution is -2.56. The molecule has 1 saturated carbocycles. The fourth-order valence-electron chi connectivity index (χ4n) is 3.98. The summed E-state index contributed by atoms with van der Waals surface area (Å²) in [4.78, 5) is 9.61. The first-order valence-electron chi connectivity index (χ1n) is 9.83. The largest absolute Gasteiger partial charge is 0.497 e. The van der Waals surface area contributed by atoms with Crippen molar-refractivity contribution in [2.45, 2.75) is 37.3 Å². The molecule has 29 heavy (non-hydrogen) atoms. The van der Waals surface area contributed by atoms with Crippen molar-refractivity contribution in [2.24, 2.45) is 11.5 Å². The van der Waals surface area contributed by atoms with Gasteiger partial charge in [0.2, 0.25) is 0 Å². The van der Waals surface area contributed by atoms with Crippen LogP contribution in [0.5, 0.6) is 5.75 Å². The van der Waals surface area contributed by atoms with Crippen LogP contribution in [0.4, 0.5) is 0 Å². The van der Waals surface area contributed by atoms with E-state index in [2.05, 4.69) is 0 Å². The molecule has 4 N–H and O–H groups in total. The Morgan fingerprint density at radius 1 is 1.07 bits per heavy atom. The molecule has 0 amide bonds. The van der Waals surface area contributed by atoms with Crippen LogP contribution in [-0.2, 0) is 0 Å². The molecule has 1 atom stereocenters. The lowest BCUT2D eigenvalue weighted by atomic mass is 9.77. The maximum Gasteiger partial charge on any atom is 0.152 e. The molecule has 0 spiro atoms. The highest BCUT2D eigenvalue weighted by atomic mass is 35.5.